The SMILES string of the molecule is CCC(O)COC(=O)c1ccc(C(=O)OCC(O)COC(=O)/C=C\C(=O)OC)cc1. The Bertz CT molecular complexity index is 753. The first-order valence-electron chi connectivity index (χ1n) is 9.00. The minimum atomic E-state index is -1.27. The van der Waals surface area contributed by atoms with E-state index < -0.39 is 49.3 Å². The van der Waals surface area contributed by atoms with Crippen molar-refractivity contribution >= 4 is 23.9 Å². The first-order valence-corrected chi connectivity index (χ1v) is 9.00. The van der Waals surface area contributed by atoms with Crippen molar-refractivity contribution in [1.82, 2.24) is 0 Å². The van der Waals surface area contributed by atoms with Crippen LogP contribution in [0.5, 0.6) is 0 Å². The average Bonchev–Trinajstić information content (AvgIpc) is 2.77. The first-order chi connectivity index (χ1) is 14.3. The highest BCUT2D eigenvalue weighted by Crippen LogP contribution is 2.08. The zero-order chi connectivity index (χ0) is 22.5. The van der Waals surface area contributed by atoms with Crippen molar-refractivity contribution in [3.63, 3.8) is 0 Å². The Labute approximate surface area is 173 Å². The molecule has 1 rings (SSSR count). The van der Waals surface area contributed by atoms with Crippen molar-refractivity contribution in [2.45, 2.75) is 25.6 Å². The highest BCUT2D eigenvalue weighted by molar-refractivity contribution is 5.93. The van der Waals surface area contributed by atoms with Crippen LogP contribution in [0.15, 0.2) is 36.4 Å². The molecular formula is C20H24O10. The fourth-order valence-electron chi connectivity index (χ4n) is 1.85. The van der Waals surface area contributed by atoms with Crippen LogP contribution in [0.4, 0.5) is 0 Å². The number of hydrogen-bond donors (Lipinski definition) is 2. The lowest BCUT2D eigenvalue weighted by molar-refractivity contribution is -0.142. The monoisotopic (exact) mass is 424 g/mol. The molecule has 10 heteroatoms. The molecule has 0 aliphatic rings. The molecule has 0 heterocycles. The van der Waals surface area contributed by atoms with Crippen LogP contribution < -0.4 is 0 Å². The Morgan fingerprint density at radius 2 is 1.23 bits per heavy atom. The molecule has 0 fully saturated rings. The summed E-state index contributed by atoms with van der Waals surface area (Å²) in [7, 11) is 1.15. The maximum Gasteiger partial charge on any atom is 0.338 e. The third kappa shape index (κ3) is 9.30. The number of hydrogen-bond acceptors (Lipinski definition) is 10. The normalized spacial score (nSPS) is 12.7. The fourth-order valence-corrected chi connectivity index (χ4v) is 1.85. The van der Waals surface area contributed by atoms with Crippen LogP contribution in [0.3, 0.4) is 0 Å². The summed E-state index contributed by atoms with van der Waals surface area (Å²) >= 11 is 0. The van der Waals surface area contributed by atoms with E-state index in [0.717, 1.165) is 19.3 Å². The highest BCUT2D eigenvalue weighted by Gasteiger charge is 2.15. The van der Waals surface area contributed by atoms with E-state index in [9.17, 15) is 29.4 Å². The number of carbonyl (C=O) groups is 4. The smallest absolute Gasteiger partial charge is 0.338 e. The second kappa shape index (κ2) is 13.1. The molecule has 0 aliphatic carbocycles. The summed E-state index contributed by atoms with van der Waals surface area (Å²) in [5.41, 5.74) is 0.326. The van der Waals surface area contributed by atoms with Gasteiger partial charge in [-0.15, -0.1) is 0 Å². The molecule has 164 valence electrons. The summed E-state index contributed by atoms with van der Waals surface area (Å²) in [6.07, 6.45) is 0.134. The minimum absolute atomic E-state index is 0.125. The number of ether oxygens (including phenoxy) is 4. The molecule has 0 aromatic heterocycles. The predicted molar refractivity (Wildman–Crippen MR) is 101 cm³/mol. The van der Waals surface area contributed by atoms with Crippen molar-refractivity contribution < 1.29 is 48.3 Å². The number of methoxy groups -OCH3 is 1. The average molecular weight is 424 g/mol. The largest absolute Gasteiger partial charge is 0.466 e. The molecule has 0 saturated heterocycles. The van der Waals surface area contributed by atoms with Gasteiger partial charge in [0.1, 0.15) is 25.9 Å². The van der Waals surface area contributed by atoms with Crippen LogP contribution in [0, 0.1) is 0 Å². The molecule has 1 aromatic carbocycles. The van der Waals surface area contributed by atoms with Gasteiger partial charge in [-0.2, -0.15) is 0 Å². The zero-order valence-electron chi connectivity index (χ0n) is 16.6. The van der Waals surface area contributed by atoms with Gasteiger partial charge in [-0.3, -0.25) is 0 Å². The highest BCUT2D eigenvalue weighted by atomic mass is 16.6. The Hall–Kier alpha value is -3.24. The summed E-state index contributed by atoms with van der Waals surface area (Å²) in [6.45, 7) is 0.736. The van der Waals surface area contributed by atoms with Crippen molar-refractivity contribution in [2.24, 2.45) is 0 Å². The molecule has 0 amide bonds. The standard InChI is InChI=1S/C20H24O10/c1-3-15(21)10-29-19(25)13-4-6-14(7-5-13)20(26)30-12-16(22)11-28-18(24)9-8-17(23)27-2/h4-9,15-16,21-22H,3,10-12H2,1-2H3/b9-8-. The molecule has 2 atom stereocenters. The molecule has 10 nitrogen and oxygen atoms in total. The lowest BCUT2D eigenvalue weighted by Gasteiger charge is -2.11. The van der Waals surface area contributed by atoms with Crippen LogP contribution in [-0.4, -0.2) is 73.2 Å². The summed E-state index contributed by atoms with van der Waals surface area (Å²) in [5, 5.41) is 19.1. The van der Waals surface area contributed by atoms with Gasteiger partial charge in [0.25, 0.3) is 0 Å². The Morgan fingerprint density at radius 3 is 1.70 bits per heavy atom. The summed E-state index contributed by atoms with van der Waals surface area (Å²) in [5.74, 6) is -3.01. The van der Waals surface area contributed by atoms with Crippen LogP contribution in [0.1, 0.15) is 34.1 Å². The number of aliphatic hydroxyl groups excluding tert-OH is 2. The number of benzene rings is 1. The van der Waals surface area contributed by atoms with E-state index >= 15 is 0 Å². The first kappa shape index (κ1) is 24.8. The number of esters is 4. The molecule has 0 radical (unpaired) electrons. The predicted octanol–water partition coefficient (Wildman–Crippen LogP) is 0.404. The molecule has 0 spiro atoms. The van der Waals surface area contributed by atoms with E-state index in [4.69, 9.17) is 9.47 Å². The van der Waals surface area contributed by atoms with Gasteiger partial charge in [0, 0.05) is 12.2 Å². The lowest BCUT2D eigenvalue weighted by Crippen LogP contribution is -2.25. The van der Waals surface area contributed by atoms with Gasteiger partial charge in [-0.25, -0.2) is 19.2 Å². The molecule has 30 heavy (non-hydrogen) atoms. The van der Waals surface area contributed by atoms with Crippen molar-refractivity contribution in [3.05, 3.63) is 47.5 Å². The second-order valence-electron chi connectivity index (χ2n) is 5.98. The van der Waals surface area contributed by atoms with E-state index in [-0.39, 0.29) is 17.7 Å². The summed E-state index contributed by atoms with van der Waals surface area (Å²) < 4.78 is 18.8. The zero-order valence-corrected chi connectivity index (χ0v) is 16.6. The number of carbonyl (C=O) groups excluding carboxylic acids is 4. The Balaban J connectivity index is 2.42. The third-order valence-electron chi connectivity index (χ3n) is 3.62. The minimum Gasteiger partial charge on any atom is -0.466 e. The molecule has 1 aromatic rings. The molecule has 0 aliphatic heterocycles. The van der Waals surface area contributed by atoms with Gasteiger partial charge in [-0.1, -0.05) is 6.92 Å². The van der Waals surface area contributed by atoms with Gasteiger partial charge in [0.05, 0.1) is 24.3 Å². The molecular weight excluding hydrogens is 400 g/mol. The molecule has 0 bridgehead atoms. The van der Waals surface area contributed by atoms with Crippen LogP contribution >= 0.6 is 0 Å². The fraction of sp³-hybridized carbons (Fsp3) is 0.400. The van der Waals surface area contributed by atoms with E-state index in [2.05, 4.69) is 9.47 Å². The number of rotatable bonds is 11. The van der Waals surface area contributed by atoms with Gasteiger partial charge in [0.2, 0.25) is 0 Å². The maximum absolute atomic E-state index is 12.0. The molecule has 2 N–H and O–H groups in total. The molecule has 2 unspecified atom stereocenters. The lowest BCUT2D eigenvalue weighted by atomic mass is 10.1. The van der Waals surface area contributed by atoms with Crippen molar-refractivity contribution in [3.8, 4) is 0 Å². The van der Waals surface area contributed by atoms with Crippen LogP contribution in [0.25, 0.3) is 0 Å². The van der Waals surface area contributed by atoms with E-state index in [1.807, 2.05) is 0 Å². The quantitative estimate of drug-likeness (QED) is 0.291. The van der Waals surface area contributed by atoms with E-state index in [1.165, 1.54) is 24.3 Å². The van der Waals surface area contributed by atoms with Crippen LogP contribution in [-0.2, 0) is 28.5 Å². The van der Waals surface area contributed by atoms with Gasteiger partial charge < -0.3 is 29.2 Å². The van der Waals surface area contributed by atoms with Gasteiger partial charge in [0.15, 0.2) is 0 Å². The van der Waals surface area contributed by atoms with Gasteiger partial charge >= 0.3 is 23.9 Å². The second-order valence-corrected chi connectivity index (χ2v) is 5.98. The Kier molecular flexibility index (Phi) is 10.8. The van der Waals surface area contributed by atoms with Crippen molar-refractivity contribution in [1.29, 1.82) is 0 Å². The van der Waals surface area contributed by atoms with Crippen LogP contribution in [0.2, 0.25) is 0 Å². The van der Waals surface area contributed by atoms with E-state index in [0.29, 0.717) is 6.42 Å². The van der Waals surface area contributed by atoms with Gasteiger partial charge in [-0.05, 0) is 30.7 Å². The van der Waals surface area contributed by atoms with Crippen molar-refractivity contribution in [2.75, 3.05) is 26.9 Å². The molecule has 0 saturated carbocycles. The number of aliphatic hydroxyl groups is 2. The maximum atomic E-state index is 12.0. The topological polar surface area (TPSA) is 146 Å². The third-order valence-corrected chi connectivity index (χ3v) is 3.62. The summed E-state index contributed by atoms with van der Waals surface area (Å²) in [4.78, 5) is 46.0. The van der Waals surface area contributed by atoms with E-state index in [1.54, 1.807) is 6.92 Å². The summed E-state index contributed by atoms with van der Waals surface area (Å²) in [6, 6.07) is 5.42. The Morgan fingerprint density at radius 1 is 0.800 bits per heavy atom.